The number of carbonyl (C=O) groups excluding carboxylic acids is 2. The van der Waals surface area contributed by atoms with Crippen LogP contribution in [0.5, 0.6) is 0 Å². The molecule has 0 aromatic carbocycles. The van der Waals surface area contributed by atoms with Gasteiger partial charge in [0.15, 0.2) is 0 Å². The Labute approximate surface area is 134 Å². The van der Waals surface area contributed by atoms with Gasteiger partial charge in [0.25, 0.3) is 0 Å². The highest BCUT2D eigenvalue weighted by Crippen LogP contribution is 2.10. The predicted octanol–water partition coefficient (Wildman–Crippen LogP) is 0.372. The number of nitrogens with two attached hydrogens (primary N) is 1. The van der Waals surface area contributed by atoms with Gasteiger partial charge in [-0.05, 0) is 27.2 Å². The van der Waals surface area contributed by atoms with Crippen LogP contribution in [0.15, 0.2) is 0 Å². The van der Waals surface area contributed by atoms with E-state index in [2.05, 4.69) is 4.90 Å². The lowest BCUT2D eigenvalue weighted by Gasteiger charge is -2.27. The van der Waals surface area contributed by atoms with Crippen LogP contribution in [0.3, 0.4) is 0 Å². The fourth-order valence-corrected chi connectivity index (χ4v) is 2.73. The van der Waals surface area contributed by atoms with E-state index < -0.39 is 0 Å². The third-order valence-electron chi connectivity index (χ3n) is 4.55. The van der Waals surface area contributed by atoms with Crippen LogP contribution >= 0.6 is 0 Å². The van der Waals surface area contributed by atoms with Gasteiger partial charge in [-0.3, -0.25) is 14.5 Å². The molecule has 0 aromatic rings. The number of hydrogen-bond acceptors (Lipinski definition) is 4. The lowest BCUT2D eigenvalue weighted by molar-refractivity contribution is -0.135. The molecule has 0 bridgehead atoms. The number of likely N-dealkylation sites (N-methyl/N-ethyl adjacent to an activating group) is 1. The second-order valence-corrected chi connectivity index (χ2v) is 6.17. The van der Waals surface area contributed by atoms with E-state index in [0.29, 0.717) is 13.1 Å². The molecule has 6 nitrogen and oxygen atoms in total. The van der Waals surface area contributed by atoms with Crippen LogP contribution in [0.4, 0.5) is 0 Å². The Balaban J connectivity index is 2.52. The molecule has 0 aliphatic carbocycles. The molecule has 0 saturated carbocycles. The maximum atomic E-state index is 12.4. The number of nitrogens with zero attached hydrogens (tertiary/aromatic N) is 3. The Hall–Kier alpha value is -1.14. The highest BCUT2D eigenvalue weighted by molar-refractivity contribution is 5.79. The molecule has 2 N–H and O–H groups in total. The molecule has 1 saturated heterocycles. The second kappa shape index (κ2) is 9.10. The Bertz CT molecular complexity index is 369. The van der Waals surface area contributed by atoms with E-state index in [1.54, 1.807) is 0 Å². The molecule has 1 aliphatic heterocycles. The SMILES string of the molecule is CCN(CC)C(=O)CN1CCCN(C(=O)C(C)C(C)N)CC1. The number of carbonyl (C=O) groups is 2. The van der Waals surface area contributed by atoms with Crippen LogP contribution in [0.2, 0.25) is 0 Å². The molecule has 0 radical (unpaired) electrons. The van der Waals surface area contributed by atoms with Crippen molar-refractivity contribution in [3.05, 3.63) is 0 Å². The van der Waals surface area contributed by atoms with Gasteiger partial charge in [0.05, 0.1) is 12.5 Å². The van der Waals surface area contributed by atoms with Crippen LogP contribution in [0.25, 0.3) is 0 Å². The summed E-state index contributed by atoms with van der Waals surface area (Å²) in [6.07, 6.45) is 0.906. The minimum atomic E-state index is -0.149. The van der Waals surface area contributed by atoms with Gasteiger partial charge in [0.2, 0.25) is 11.8 Å². The van der Waals surface area contributed by atoms with Crippen molar-refractivity contribution in [3.63, 3.8) is 0 Å². The van der Waals surface area contributed by atoms with Crippen LogP contribution in [-0.4, -0.2) is 78.4 Å². The first kappa shape index (κ1) is 18.9. The first-order chi connectivity index (χ1) is 10.4. The topological polar surface area (TPSA) is 69.9 Å². The Morgan fingerprint density at radius 3 is 2.27 bits per heavy atom. The molecule has 22 heavy (non-hydrogen) atoms. The smallest absolute Gasteiger partial charge is 0.236 e. The summed E-state index contributed by atoms with van der Waals surface area (Å²) in [6, 6.07) is -0.129. The predicted molar refractivity (Wildman–Crippen MR) is 88.4 cm³/mol. The van der Waals surface area contributed by atoms with Gasteiger partial charge in [0.1, 0.15) is 0 Å². The Morgan fingerprint density at radius 1 is 1.09 bits per heavy atom. The number of hydrogen-bond donors (Lipinski definition) is 1. The molecule has 6 heteroatoms. The van der Waals surface area contributed by atoms with E-state index >= 15 is 0 Å². The van der Waals surface area contributed by atoms with Crippen LogP contribution in [0.1, 0.15) is 34.1 Å². The fraction of sp³-hybridized carbons (Fsp3) is 0.875. The molecular weight excluding hydrogens is 280 g/mol. The van der Waals surface area contributed by atoms with Crippen LogP contribution in [0, 0.1) is 5.92 Å². The van der Waals surface area contributed by atoms with Gasteiger partial charge in [-0.2, -0.15) is 0 Å². The zero-order valence-electron chi connectivity index (χ0n) is 14.5. The van der Waals surface area contributed by atoms with Crippen molar-refractivity contribution in [1.29, 1.82) is 0 Å². The van der Waals surface area contributed by atoms with Gasteiger partial charge in [0, 0.05) is 45.3 Å². The summed E-state index contributed by atoms with van der Waals surface area (Å²) < 4.78 is 0. The standard InChI is InChI=1S/C16H32N4O2/c1-5-19(6-2)15(21)12-18-8-7-9-20(11-10-18)16(22)13(3)14(4)17/h13-14H,5-12,17H2,1-4H3. The molecular formula is C16H32N4O2. The summed E-state index contributed by atoms with van der Waals surface area (Å²) >= 11 is 0. The summed E-state index contributed by atoms with van der Waals surface area (Å²) in [5.41, 5.74) is 5.83. The molecule has 1 aliphatic rings. The van der Waals surface area contributed by atoms with Gasteiger partial charge < -0.3 is 15.5 Å². The zero-order valence-corrected chi connectivity index (χ0v) is 14.5. The maximum Gasteiger partial charge on any atom is 0.236 e. The van der Waals surface area contributed by atoms with Crippen molar-refractivity contribution in [2.75, 3.05) is 45.8 Å². The molecule has 1 rings (SSSR count). The molecule has 2 unspecified atom stereocenters. The molecule has 1 fully saturated rings. The normalized spacial score (nSPS) is 19.4. The quantitative estimate of drug-likeness (QED) is 0.769. The van der Waals surface area contributed by atoms with Crippen molar-refractivity contribution in [1.82, 2.24) is 14.7 Å². The lowest BCUT2D eigenvalue weighted by atomic mass is 10.0. The maximum absolute atomic E-state index is 12.4. The largest absolute Gasteiger partial charge is 0.342 e. The third kappa shape index (κ3) is 5.25. The summed E-state index contributed by atoms with van der Waals surface area (Å²) in [7, 11) is 0. The van der Waals surface area contributed by atoms with Crippen LogP contribution < -0.4 is 5.73 Å². The van der Waals surface area contributed by atoms with Gasteiger partial charge in [-0.25, -0.2) is 0 Å². The zero-order chi connectivity index (χ0) is 16.7. The van der Waals surface area contributed by atoms with E-state index in [1.165, 1.54) is 0 Å². The Kier molecular flexibility index (Phi) is 7.82. The molecule has 128 valence electrons. The van der Waals surface area contributed by atoms with E-state index in [1.807, 2.05) is 37.5 Å². The Morgan fingerprint density at radius 2 is 1.73 bits per heavy atom. The minimum Gasteiger partial charge on any atom is -0.342 e. The highest BCUT2D eigenvalue weighted by Gasteiger charge is 2.26. The average molecular weight is 312 g/mol. The van der Waals surface area contributed by atoms with E-state index in [0.717, 1.165) is 39.1 Å². The highest BCUT2D eigenvalue weighted by atomic mass is 16.2. The van der Waals surface area contributed by atoms with Crippen LogP contribution in [-0.2, 0) is 9.59 Å². The summed E-state index contributed by atoms with van der Waals surface area (Å²) in [4.78, 5) is 30.5. The fourth-order valence-electron chi connectivity index (χ4n) is 2.73. The second-order valence-electron chi connectivity index (χ2n) is 6.17. The molecule has 2 atom stereocenters. The van der Waals surface area contributed by atoms with Crippen molar-refractivity contribution in [3.8, 4) is 0 Å². The molecule has 1 heterocycles. The molecule has 0 spiro atoms. The molecule has 0 aromatic heterocycles. The molecule has 2 amide bonds. The van der Waals surface area contributed by atoms with Crippen molar-refractivity contribution < 1.29 is 9.59 Å². The van der Waals surface area contributed by atoms with Gasteiger partial charge in [-0.15, -0.1) is 0 Å². The number of amides is 2. The van der Waals surface area contributed by atoms with Crippen molar-refractivity contribution >= 4 is 11.8 Å². The summed E-state index contributed by atoms with van der Waals surface area (Å²) in [5.74, 6) is 0.157. The number of rotatable bonds is 6. The summed E-state index contributed by atoms with van der Waals surface area (Å²) in [5, 5.41) is 0. The average Bonchev–Trinajstić information content (AvgIpc) is 2.72. The first-order valence-electron chi connectivity index (χ1n) is 8.45. The first-order valence-corrected chi connectivity index (χ1v) is 8.45. The van der Waals surface area contributed by atoms with E-state index in [4.69, 9.17) is 5.73 Å². The summed E-state index contributed by atoms with van der Waals surface area (Å²) in [6.45, 7) is 12.8. The lowest BCUT2D eigenvalue weighted by Crippen LogP contribution is -2.44. The third-order valence-corrected chi connectivity index (χ3v) is 4.55. The minimum absolute atomic E-state index is 0.129. The van der Waals surface area contributed by atoms with E-state index in [9.17, 15) is 9.59 Å². The van der Waals surface area contributed by atoms with Crippen molar-refractivity contribution in [2.24, 2.45) is 11.7 Å². The van der Waals surface area contributed by atoms with Gasteiger partial charge >= 0.3 is 0 Å². The van der Waals surface area contributed by atoms with E-state index in [-0.39, 0.29) is 23.8 Å². The monoisotopic (exact) mass is 312 g/mol. The van der Waals surface area contributed by atoms with Crippen molar-refractivity contribution in [2.45, 2.75) is 40.2 Å². The van der Waals surface area contributed by atoms with Gasteiger partial charge in [-0.1, -0.05) is 6.92 Å².